The molecule has 172 valence electrons. The van der Waals surface area contributed by atoms with Crippen molar-refractivity contribution in [2.24, 2.45) is 0 Å². The maximum absolute atomic E-state index is 12.9. The predicted octanol–water partition coefficient (Wildman–Crippen LogP) is 2.54. The third-order valence-corrected chi connectivity index (χ3v) is 7.73. The summed E-state index contributed by atoms with van der Waals surface area (Å²) in [5.41, 5.74) is 1.67. The molecule has 2 aromatic rings. The molecule has 3 aliphatic rings. The van der Waals surface area contributed by atoms with Crippen LogP contribution in [0.25, 0.3) is 0 Å². The van der Waals surface area contributed by atoms with Gasteiger partial charge in [0.25, 0.3) is 15.9 Å². The largest absolute Gasteiger partial charge is 0.327 e. The zero-order chi connectivity index (χ0) is 23.2. The molecule has 2 aromatic carbocycles. The molecule has 3 aliphatic heterocycles. The zero-order valence-corrected chi connectivity index (χ0v) is 18.8. The van der Waals surface area contributed by atoms with Gasteiger partial charge in [-0.3, -0.25) is 19.2 Å². The van der Waals surface area contributed by atoms with Crippen LogP contribution in [0.15, 0.2) is 53.4 Å². The minimum absolute atomic E-state index is 0.0379. The lowest BCUT2D eigenvalue weighted by molar-refractivity contribution is -0.128. The molecule has 4 amide bonds. The maximum Gasteiger partial charge on any atom is 0.327 e. The summed E-state index contributed by atoms with van der Waals surface area (Å²) in [6.45, 7) is 1.32. The van der Waals surface area contributed by atoms with Crippen molar-refractivity contribution in [3.63, 3.8) is 0 Å². The van der Waals surface area contributed by atoms with Crippen molar-refractivity contribution in [3.05, 3.63) is 54.1 Å². The Hall–Kier alpha value is -3.40. The second-order valence-electron chi connectivity index (χ2n) is 8.51. The van der Waals surface area contributed by atoms with E-state index in [2.05, 4.69) is 4.72 Å². The van der Waals surface area contributed by atoms with Crippen LogP contribution in [0.1, 0.15) is 31.2 Å². The topological polar surface area (TPSA) is 107 Å². The summed E-state index contributed by atoms with van der Waals surface area (Å²) in [5.74, 6) is -0.156. The molecule has 9 nitrogen and oxygen atoms in total. The van der Waals surface area contributed by atoms with E-state index in [1.165, 1.54) is 17.0 Å². The number of urea groups is 1. The van der Waals surface area contributed by atoms with Crippen LogP contribution in [0.4, 0.5) is 16.2 Å². The average molecular weight is 469 g/mol. The molecular weight excluding hydrogens is 444 g/mol. The number of hydrogen-bond acceptors (Lipinski definition) is 5. The number of carbonyl (C=O) groups is 3. The first-order valence-corrected chi connectivity index (χ1v) is 12.5. The smallest absolute Gasteiger partial charge is 0.312 e. The van der Waals surface area contributed by atoms with Crippen LogP contribution >= 0.6 is 0 Å². The van der Waals surface area contributed by atoms with Crippen molar-refractivity contribution in [2.45, 2.75) is 43.2 Å². The third kappa shape index (κ3) is 3.95. The molecule has 0 radical (unpaired) electrons. The number of amides is 4. The van der Waals surface area contributed by atoms with Gasteiger partial charge in [-0.2, -0.15) is 0 Å². The number of fused-ring (bicyclic) bond motifs is 1. The number of imide groups is 1. The molecule has 3 saturated heterocycles. The Labute approximate surface area is 192 Å². The van der Waals surface area contributed by atoms with Crippen LogP contribution in [0.5, 0.6) is 0 Å². The van der Waals surface area contributed by atoms with Crippen LogP contribution in [-0.2, 0) is 26.2 Å². The Balaban J connectivity index is 1.29. The summed E-state index contributed by atoms with van der Waals surface area (Å²) in [4.78, 5) is 41.6. The summed E-state index contributed by atoms with van der Waals surface area (Å²) in [6, 6.07) is 12.2. The zero-order valence-electron chi connectivity index (χ0n) is 17.9. The summed E-state index contributed by atoms with van der Waals surface area (Å²) in [5, 5.41) is 0. The first-order chi connectivity index (χ1) is 15.8. The quantitative estimate of drug-likeness (QED) is 0.656. The lowest BCUT2D eigenvalue weighted by Crippen LogP contribution is -2.32. The Kier molecular flexibility index (Phi) is 5.32. The monoisotopic (exact) mass is 468 g/mol. The molecule has 0 aliphatic carbocycles. The minimum Gasteiger partial charge on any atom is -0.312 e. The van der Waals surface area contributed by atoms with Crippen molar-refractivity contribution in [1.82, 2.24) is 9.80 Å². The second-order valence-corrected chi connectivity index (χ2v) is 10.2. The van der Waals surface area contributed by atoms with Crippen LogP contribution < -0.4 is 9.62 Å². The Morgan fingerprint density at radius 2 is 1.76 bits per heavy atom. The maximum atomic E-state index is 12.9. The van der Waals surface area contributed by atoms with Gasteiger partial charge in [-0.15, -0.1) is 0 Å². The van der Waals surface area contributed by atoms with Crippen molar-refractivity contribution in [1.29, 1.82) is 0 Å². The fraction of sp³-hybridized carbons (Fsp3) is 0.348. The minimum atomic E-state index is -3.85. The molecule has 1 atom stereocenters. The highest BCUT2D eigenvalue weighted by atomic mass is 32.2. The summed E-state index contributed by atoms with van der Waals surface area (Å²) < 4.78 is 28.3. The van der Waals surface area contributed by atoms with E-state index < -0.39 is 10.0 Å². The van der Waals surface area contributed by atoms with Gasteiger partial charge in [0.2, 0.25) is 5.91 Å². The van der Waals surface area contributed by atoms with Crippen molar-refractivity contribution < 1.29 is 22.8 Å². The third-order valence-electron chi connectivity index (χ3n) is 6.33. The fourth-order valence-electron chi connectivity index (χ4n) is 4.68. The highest BCUT2D eigenvalue weighted by Gasteiger charge is 2.47. The van der Waals surface area contributed by atoms with Crippen LogP contribution in [0.2, 0.25) is 0 Å². The van der Waals surface area contributed by atoms with E-state index >= 15 is 0 Å². The van der Waals surface area contributed by atoms with E-state index in [1.54, 1.807) is 46.2 Å². The molecule has 33 heavy (non-hydrogen) atoms. The van der Waals surface area contributed by atoms with Gasteiger partial charge in [0.1, 0.15) is 6.04 Å². The molecule has 1 unspecified atom stereocenters. The van der Waals surface area contributed by atoms with E-state index in [-0.39, 0.29) is 35.3 Å². The SMILES string of the molecule is O=C1C2CCCN2C(=O)N1Cc1cccc(NS(=O)(=O)c2ccc(N3CCCC3=O)cc2)c1. The number of nitrogens with one attached hydrogen (secondary N) is 1. The van der Waals surface area contributed by atoms with E-state index in [0.717, 1.165) is 12.8 Å². The predicted molar refractivity (Wildman–Crippen MR) is 121 cm³/mol. The molecule has 0 bridgehead atoms. The number of anilines is 2. The molecule has 0 saturated carbocycles. The normalized spacial score (nSPS) is 20.7. The first kappa shape index (κ1) is 21.4. The number of rotatable bonds is 6. The van der Waals surface area contributed by atoms with Crippen LogP contribution in [0.3, 0.4) is 0 Å². The van der Waals surface area contributed by atoms with Gasteiger partial charge < -0.3 is 9.80 Å². The molecule has 1 N–H and O–H groups in total. The van der Waals surface area contributed by atoms with Gasteiger partial charge in [0.05, 0.1) is 11.4 Å². The number of carbonyl (C=O) groups excluding carboxylic acids is 3. The summed E-state index contributed by atoms with van der Waals surface area (Å²) in [7, 11) is -3.85. The number of hydrogen-bond donors (Lipinski definition) is 1. The Morgan fingerprint density at radius 3 is 2.45 bits per heavy atom. The second kappa shape index (κ2) is 8.18. The van der Waals surface area contributed by atoms with Crippen molar-refractivity contribution in [3.8, 4) is 0 Å². The number of nitrogens with zero attached hydrogens (tertiary/aromatic N) is 3. The van der Waals surface area contributed by atoms with E-state index in [4.69, 9.17) is 0 Å². The van der Waals surface area contributed by atoms with E-state index in [9.17, 15) is 22.8 Å². The number of benzene rings is 2. The first-order valence-electron chi connectivity index (χ1n) is 11.0. The summed E-state index contributed by atoms with van der Waals surface area (Å²) in [6.07, 6.45) is 2.82. The number of sulfonamides is 1. The molecule has 10 heteroatoms. The lowest BCUT2D eigenvalue weighted by atomic mass is 10.1. The van der Waals surface area contributed by atoms with Gasteiger partial charge in [-0.25, -0.2) is 13.2 Å². The molecule has 0 spiro atoms. The van der Waals surface area contributed by atoms with Gasteiger partial charge in [0.15, 0.2) is 0 Å². The van der Waals surface area contributed by atoms with Gasteiger partial charge >= 0.3 is 6.03 Å². The Bertz CT molecular complexity index is 1210. The lowest BCUT2D eigenvalue weighted by Gasteiger charge is -2.17. The fourth-order valence-corrected chi connectivity index (χ4v) is 5.73. The molecule has 3 heterocycles. The molecule has 0 aromatic heterocycles. The summed E-state index contributed by atoms with van der Waals surface area (Å²) >= 11 is 0. The van der Waals surface area contributed by atoms with E-state index in [1.807, 2.05) is 0 Å². The highest BCUT2D eigenvalue weighted by Crippen LogP contribution is 2.29. The average Bonchev–Trinajstić information content (AvgIpc) is 3.50. The van der Waals surface area contributed by atoms with Crippen LogP contribution in [0, 0.1) is 0 Å². The van der Waals surface area contributed by atoms with Gasteiger partial charge in [-0.1, -0.05) is 12.1 Å². The van der Waals surface area contributed by atoms with Crippen LogP contribution in [-0.4, -0.2) is 55.2 Å². The van der Waals surface area contributed by atoms with Crippen molar-refractivity contribution in [2.75, 3.05) is 22.7 Å². The Morgan fingerprint density at radius 1 is 0.970 bits per heavy atom. The standard InChI is InChI=1S/C23H24N4O5S/c28-21-7-3-12-25(21)18-8-10-19(11-9-18)33(31,32)24-17-5-1-4-16(14-17)15-27-22(29)20-6-2-13-26(20)23(27)30/h1,4-5,8-11,14,20,24H,2-3,6-7,12-13,15H2. The van der Waals surface area contributed by atoms with Gasteiger partial charge in [0, 0.05) is 30.9 Å². The van der Waals surface area contributed by atoms with E-state index in [0.29, 0.717) is 42.9 Å². The van der Waals surface area contributed by atoms with Crippen molar-refractivity contribution >= 4 is 39.2 Å². The molecule has 5 rings (SSSR count). The molecule has 3 fully saturated rings. The van der Waals surface area contributed by atoms with Gasteiger partial charge in [-0.05, 0) is 61.2 Å². The molecular formula is C23H24N4O5S. The highest BCUT2D eigenvalue weighted by molar-refractivity contribution is 7.92.